The highest BCUT2D eigenvalue weighted by Crippen LogP contribution is 2.18. The molecule has 0 aromatic carbocycles. The second-order valence-corrected chi connectivity index (χ2v) is 7.07. The Morgan fingerprint density at radius 1 is 1.35 bits per heavy atom. The smallest absolute Gasteiger partial charge is 0.260 e. The topological polar surface area (TPSA) is 71.1 Å². The van der Waals surface area contributed by atoms with Gasteiger partial charge in [-0.15, -0.1) is 11.3 Å². The number of thiophene rings is 1. The molecule has 0 aliphatic heterocycles. The molecule has 20 heavy (non-hydrogen) atoms. The number of rotatable bonds is 6. The van der Waals surface area contributed by atoms with E-state index in [1.165, 1.54) is 6.20 Å². The first kappa shape index (κ1) is 15.0. The predicted octanol–water partition coefficient (Wildman–Crippen LogP) is 2.09. The Kier molecular flexibility index (Phi) is 4.74. The number of hydrogen-bond donors (Lipinski definition) is 2. The maximum absolute atomic E-state index is 12.3. The summed E-state index contributed by atoms with van der Waals surface area (Å²) in [7, 11) is -1.95. The maximum Gasteiger partial charge on any atom is 0.260 e. The highest BCUT2D eigenvalue weighted by molar-refractivity contribution is 7.89. The first-order chi connectivity index (χ1) is 9.53. The molecule has 0 amide bonds. The molecule has 5 nitrogen and oxygen atoms in total. The summed E-state index contributed by atoms with van der Waals surface area (Å²) in [6.07, 6.45) is 2.14. The standard InChI is InChI=1S/C13H17N3O2S2/c1-10(9-11-5-4-8-19-11)16-20(17,18)13-12(14-2)6-3-7-15-13/h3-8,10,14,16H,9H2,1-2H3. The average molecular weight is 311 g/mol. The Labute approximate surface area is 123 Å². The number of anilines is 1. The third-order valence-corrected chi connectivity index (χ3v) is 5.18. The van der Waals surface area contributed by atoms with Crippen molar-refractivity contribution in [1.82, 2.24) is 9.71 Å². The van der Waals surface area contributed by atoms with E-state index in [-0.39, 0.29) is 11.1 Å². The molecular formula is C13H17N3O2S2. The Morgan fingerprint density at radius 2 is 2.15 bits per heavy atom. The molecule has 0 aliphatic carbocycles. The van der Waals surface area contributed by atoms with E-state index in [0.29, 0.717) is 12.1 Å². The summed E-state index contributed by atoms with van der Waals surface area (Å²) in [6, 6.07) is 7.14. The number of aromatic nitrogens is 1. The molecule has 0 saturated heterocycles. The van der Waals surface area contributed by atoms with Crippen molar-refractivity contribution < 1.29 is 8.42 Å². The van der Waals surface area contributed by atoms with Crippen molar-refractivity contribution in [2.24, 2.45) is 0 Å². The summed E-state index contributed by atoms with van der Waals surface area (Å²) in [6.45, 7) is 1.85. The maximum atomic E-state index is 12.3. The van der Waals surface area contributed by atoms with Gasteiger partial charge in [-0.3, -0.25) is 0 Å². The molecular weight excluding hydrogens is 294 g/mol. The van der Waals surface area contributed by atoms with Gasteiger partial charge >= 0.3 is 0 Å². The SMILES string of the molecule is CNc1cccnc1S(=O)(=O)NC(C)Cc1cccs1. The largest absolute Gasteiger partial charge is 0.386 e. The van der Waals surface area contributed by atoms with Gasteiger partial charge < -0.3 is 5.32 Å². The zero-order chi connectivity index (χ0) is 14.6. The van der Waals surface area contributed by atoms with Crippen LogP contribution < -0.4 is 10.0 Å². The summed E-state index contributed by atoms with van der Waals surface area (Å²) >= 11 is 1.62. The fourth-order valence-corrected chi connectivity index (χ4v) is 4.11. The molecule has 1 unspecified atom stereocenters. The number of sulfonamides is 1. The van der Waals surface area contributed by atoms with Crippen LogP contribution in [0.2, 0.25) is 0 Å². The van der Waals surface area contributed by atoms with Crippen LogP contribution in [0.25, 0.3) is 0 Å². The van der Waals surface area contributed by atoms with E-state index in [2.05, 4.69) is 15.0 Å². The summed E-state index contributed by atoms with van der Waals surface area (Å²) in [5, 5.41) is 4.85. The van der Waals surface area contributed by atoms with Crippen LogP contribution in [0, 0.1) is 0 Å². The molecule has 0 spiro atoms. The van der Waals surface area contributed by atoms with E-state index in [4.69, 9.17) is 0 Å². The zero-order valence-corrected chi connectivity index (χ0v) is 13.0. The zero-order valence-electron chi connectivity index (χ0n) is 11.3. The molecule has 7 heteroatoms. The molecule has 2 rings (SSSR count). The van der Waals surface area contributed by atoms with Crippen LogP contribution in [-0.4, -0.2) is 26.5 Å². The molecule has 1 atom stereocenters. The lowest BCUT2D eigenvalue weighted by atomic mass is 10.2. The minimum absolute atomic E-state index is 0.0283. The van der Waals surface area contributed by atoms with Crippen LogP contribution in [-0.2, 0) is 16.4 Å². The fraction of sp³-hybridized carbons (Fsp3) is 0.308. The van der Waals surface area contributed by atoms with Crippen molar-refractivity contribution in [2.75, 3.05) is 12.4 Å². The normalized spacial score (nSPS) is 13.1. The average Bonchev–Trinajstić information content (AvgIpc) is 2.90. The van der Waals surface area contributed by atoms with Crippen molar-refractivity contribution >= 4 is 27.0 Å². The van der Waals surface area contributed by atoms with Gasteiger partial charge in [-0.05, 0) is 36.9 Å². The monoisotopic (exact) mass is 311 g/mol. The van der Waals surface area contributed by atoms with Gasteiger partial charge in [0.15, 0.2) is 5.03 Å². The summed E-state index contributed by atoms with van der Waals surface area (Å²) in [5.41, 5.74) is 0.489. The minimum atomic E-state index is -3.62. The van der Waals surface area contributed by atoms with Crippen molar-refractivity contribution in [2.45, 2.75) is 24.4 Å². The Bertz CT molecular complexity index is 654. The first-order valence-corrected chi connectivity index (χ1v) is 8.56. The number of pyridine rings is 1. The van der Waals surface area contributed by atoms with Crippen LogP contribution in [0.4, 0.5) is 5.69 Å². The lowest BCUT2D eigenvalue weighted by molar-refractivity contribution is 0.557. The molecule has 2 aromatic rings. The van der Waals surface area contributed by atoms with Crippen LogP contribution in [0.15, 0.2) is 40.9 Å². The van der Waals surface area contributed by atoms with Gasteiger partial charge in [0.25, 0.3) is 10.0 Å². The van der Waals surface area contributed by atoms with Crippen LogP contribution >= 0.6 is 11.3 Å². The van der Waals surface area contributed by atoms with Crippen LogP contribution in [0.3, 0.4) is 0 Å². The van der Waals surface area contributed by atoms with Crippen molar-refractivity contribution in [1.29, 1.82) is 0 Å². The molecule has 0 aliphatic rings. The summed E-state index contributed by atoms with van der Waals surface area (Å²) in [4.78, 5) is 5.11. The van der Waals surface area contributed by atoms with E-state index < -0.39 is 10.0 Å². The second-order valence-electron chi connectivity index (χ2n) is 4.41. The summed E-state index contributed by atoms with van der Waals surface area (Å²) < 4.78 is 27.3. The molecule has 2 heterocycles. The molecule has 0 radical (unpaired) electrons. The fourth-order valence-electron chi connectivity index (χ4n) is 1.89. The third kappa shape index (κ3) is 3.56. The van der Waals surface area contributed by atoms with Crippen molar-refractivity contribution in [3.05, 3.63) is 40.7 Å². The number of nitrogens with zero attached hydrogens (tertiary/aromatic N) is 1. The van der Waals surface area contributed by atoms with Crippen LogP contribution in [0.5, 0.6) is 0 Å². The lowest BCUT2D eigenvalue weighted by Crippen LogP contribution is -2.34. The number of hydrogen-bond acceptors (Lipinski definition) is 5. The van der Waals surface area contributed by atoms with Gasteiger partial charge in [0.1, 0.15) is 0 Å². The molecule has 108 valence electrons. The molecule has 0 bridgehead atoms. The second kappa shape index (κ2) is 6.34. The van der Waals surface area contributed by atoms with Gasteiger partial charge in [0, 0.05) is 24.2 Å². The highest BCUT2D eigenvalue weighted by Gasteiger charge is 2.22. The van der Waals surface area contributed by atoms with E-state index in [0.717, 1.165) is 4.88 Å². The summed E-state index contributed by atoms with van der Waals surface area (Å²) in [5.74, 6) is 0. The highest BCUT2D eigenvalue weighted by atomic mass is 32.2. The van der Waals surface area contributed by atoms with E-state index in [9.17, 15) is 8.42 Å². The molecule has 2 N–H and O–H groups in total. The van der Waals surface area contributed by atoms with Gasteiger partial charge in [0.05, 0.1) is 5.69 Å². The molecule has 0 fully saturated rings. The first-order valence-electron chi connectivity index (χ1n) is 6.20. The van der Waals surface area contributed by atoms with Crippen molar-refractivity contribution in [3.63, 3.8) is 0 Å². The lowest BCUT2D eigenvalue weighted by Gasteiger charge is -2.14. The minimum Gasteiger partial charge on any atom is -0.386 e. The molecule has 2 aromatic heterocycles. The predicted molar refractivity (Wildman–Crippen MR) is 81.6 cm³/mol. The number of nitrogens with one attached hydrogen (secondary N) is 2. The quantitative estimate of drug-likeness (QED) is 0.857. The van der Waals surface area contributed by atoms with Crippen molar-refractivity contribution in [3.8, 4) is 0 Å². The third-order valence-electron chi connectivity index (χ3n) is 2.74. The molecule has 0 saturated carbocycles. The van der Waals surface area contributed by atoms with E-state index >= 15 is 0 Å². The Hall–Kier alpha value is -1.44. The van der Waals surface area contributed by atoms with E-state index in [1.54, 1.807) is 30.5 Å². The van der Waals surface area contributed by atoms with Gasteiger partial charge in [-0.25, -0.2) is 18.1 Å². The Balaban J connectivity index is 2.14. The van der Waals surface area contributed by atoms with Gasteiger partial charge in [-0.1, -0.05) is 6.07 Å². The van der Waals surface area contributed by atoms with Gasteiger partial charge in [-0.2, -0.15) is 0 Å². The van der Waals surface area contributed by atoms with Crippen LogP contribution in [0.1, 0.15) is 11.8 Å². The van der Waals surface area contributed by atoms with Gasteiger partial charge in [0.2, 0.25) is 0 Å². The Morgan fingerprint density at radius 3 is 2.80 bits per heavy atom. The van der Waals surface area contributed by atoms with E-state index in [1.807, 2.05) is 24.4 Å².